The smallest absolute Gasteiger partial charge is 0.491 e. The molecule has 0 unspecified atom stereocenters. The molecule has 0 spiro atoms. The molecule has 3 rings (SSSR count). The molecule has 0 atom stereocenters. The van der Waals surface area contributed by atoms with Crippen LogP contribution in [0.25, 0.3) is 0 Å². The van der Waals surface area contributed by atoms with Crippen LogP contribution in [-0.2, 0) is 9.31 Å². The third-order valence-corrected chi connectivity index (χ3v) is 4.48. The molecular weight excluding hydrogens is 267 g/mol. The van der Waals surface area contributed by atoms with Crippen LogP contribution in [0, 0.1) is 0 Å². The monoisotopic (exact) mass is 290 g/mol. The molecule has 1 saturated carbocycles. The highest BCUT2D eigenvalue weighted by atomic mass is 16.7. The van der Waals surface area contributed by atoms with Crippen molar-refractivity contribution in [2.75, 3.05) is 12.4 Å². The van der Waals surface area contributed by atoms with Crippen LogP contribution in [0.5, 0.6) is 5.75 Å². The van der Waals surface area contributed by atoms with E-state index in [1.165, 1.54) is 0 Å². The van der Waals surface area contributed by atoms with Crippen molar-refractivity contribution < 1.29 is 14.0 Å². The number of nitrogens with one attached hydrogen (secondary N) is 1. The van der Waals surface area contributed by atoms with Gasteiger partial charge in [-0.1, -0.05) is 0 Å². The first-order valence-electron chi connectivity index (χ1n) is 7.52. The molecule has 1 aliphatic heterocycles. The van der Waals surface area contributed by atoms with Gasteiger partial charge in [-0.3, -0.25) is 0 Å². The van der Waals surface area contributed by atoms with Gasteiger partial charge in [0.2, 0.25) is 0 Å². The van der Waals surface area contributed by atoms with Crippen molar-refractivity contribution in [2.45, 2.75) is 57.8 Å². The lowest BCUT2D eigenvalue weighted by atomic mass is 9.79. The van der Waals surface area contributed by atoms with Gasteiger partial charge in [-0.15, -0.1) is 0 Å². The number of anilines is 1. The number of ether oxygens (including phenoxy) is 1. The Kier molecular flexibility index (Phi) is 3.41. The van der Waals surface area contributed by atoms with Gasteiger partial charge >= 0.3 is 7.12 Å². The molecule has 2 heterocycles. The second-order valence-corrected chi connectivity index (χ2v) is 6.76. The van der Waals surface area contributed by atoms with Crippen LogP contribution in [-0.4, -0.2) is 36.5 Å². The van der Waals surface area contributed by atoms with Gasteiger partial charge in [0, 0.05) is 24.8 Å². The largest absolute Gasteiger partial charge is 0.500 e. The second kappa shape index (κ2) is 4.88. The Balaban J connectivity index is 1.91. The predicted molar refractivity (Wildman–Crippen MR) is 83.1 cm³/mol. The molecular formula is C15H23BN2O3. The van der Waals surface area contributed by atoms with Crippen molar-refractivity contribution in [3.05, 3.63) is 12.3 Å². The third kappa shape index (κ3) is 2.74. The van der Waals surface area contributed by atoms with Gasteiger partial charge in [-0.05, 0) is 40.5 Å². The lowest BCUT2D eigenvalue weighted by Crippen LogP contribution is -2.41. The molecule has 1 aromatic rings. The highest BCUT2D eigenvalue weighted by molar-refractivity contribution is 6.63. The molecule has 1 aliphatic carbocycles. The zero-order valence-corrected chi connectivity index (χ0v) is 13.4. The summed E-state index contributed by atoms with van der Waals surface area (Å²) >= 11 is 0. The highest BCUT2D eigenvalue weighted by Gasteiger charge is 2.52. The van der Waals surface area contributed by atoms with Gasteiger partial charge in [-0.25, -0.2) is 4.98 Å². The lowest BCUT2D eigenvalue weighted by molar-refractivity contribution is 0.00578. The highest BCUT2D eigenvalue weighted by Crippen LogP contribution is 2.37. The maximum Gasteiger partial charge on any atom is 0.500 e. The molecule has 5 nitrogen and oxygen atoms in total. The molecule has 6 heteroatoms. The molecule has 1 N–H and O–H groups in total. The molecule has 1 aromatic heterocycles. The lowest BCUT2D eigenvalue weighted by Gasteiger charge is -2.32. The Bertz CT molecular complexity index is 528. The first-order chi connectivity index (χ1) is 9.82. The van der Waals surface area contributed by atoms with Gasteiger partial charge in [0.05, 0.1) is 17.3 Å². The minimum absolute atomic E-state index is 0.318. The van der Waals surface area contributed by atoms with Crippen LogP contribution in [0.2, 0.25) is 0 Å². The van der Waals surface area contributed by atoms with Crippen molar-refractivity contribution in [2.24, 2.45) is 0 Å². The Morgan fingerprint density at radius 3 is 2.38 bits per heavy atom. The summed E-state index contributed by atoms with van der Waals surface area (Å²) in [7, 11) is 1.40. The summed E-state index contributed by atoms with van der Waals surface area (Å²) in [6.07, 6.45) is 4.32. The van der Waals surface area contributed by atoms with Crippen molar-refractivity contribution in [3.63, 3.8) is 0 Å². The molecule has 0 radical (unpaired) electrons. The van der Waals surface area contributed by atoms with Gasteiger partial charge in [0.15, 0.2) is 0 Å². The topological polar surface area (TPSA) is 52.6 Å². The van der Waals surface area contributed by atoms with Gasteiger partial charge in [0.1, 0.15) is 11.6 Å². The van der Waals surface area contributed by atoms with E-state index >= 15 is 0 Å². The van der Waals surface area contributed by atoms with Crippen LogP contribution < -0.4 is 15.5 Å². The van der Waals surface area contributed by atoms with Crippen molar-refractivity contribution in [1.82, 2.24) is 4.98 Å². The van der Waals surface area contributed by atoms with Crippen molar-refractivity contribution in [3.8, 4) is 5.75 Å². The van der Waals surface area contributed by atoms with E-state index in [0.717, 1.165) is 29.9 Å². The van der Waals surface area contributed by atoms with E-state index in [4.69, 9.17) is 14.0 Å². The normalized spacial score (nSPS) is 23.2. The van der Waals surface area contributed by atoms with E-state index < -0.39 is 7.12 Å². The molecule has 1 saturated heterocycles. The number of rotatable bonds is 4. The predicted octanol–water partition coefficient (Wildman–Crippen LogP) is 1.96. The summed E-state index contributed by atoms with van der Waals surface area (Å²) in [5.41, 5.74) is 0.131. The van der Waals surface area contributed by atoms with E-state index in [2.05, 4.69) is 10.3 Å². The minimum Gasteiger partial charge on any atom is -0.491 e. The van der Waals surface area contributed by atoms with E-state index in [9.17, 15) is 0 Å². The molecule has 21 heavy (non-hydrogen) atoms. The molecule has 2 aliphatic rings. The van der Waals surface area contributed by atoms with Gasteiger partial charge < -0.3 is 19.4 Å². The molecule has 0 aromatic carbocycles. The Hall–Kier alpha value is -1.27. The molecule has 0 bridgehead atoms. The maximum absolute atomic E-state index is 6.10. The van der Waals surface area contributed by atoms with Crippen LogP contribution in [0.1, 0.15) is 40.5 Å². The summed E-state index contributed by atoms with van der Waals surface area (Å²) in [5.74, 6) is 1.58. The van der Waals surface area contributed by atoms with E-state index in [-0.39, 0.29) is 11.2 Å². The average Bonchev–Trinajstić information content (AvgIpc) is 3.17. The van der Waals surface area contributed by atoms with E-state index in [1.54, 1.807) is 6.20 Å². The number of nitrogens with zero attached hydrogens (tertiary/aromatic N) is 1. The minimum atomic E-state index is -0.442. The molecule has 114 valence electrons. The summed E-state index contributed by atoms with van der Waals surface area (Å²) in [6.45, 7) is 8.18. The number of hydrogen-bond acceptors (Lipinski definition) is 5. The third-order valence-electron chi connectivity index (χ3n) is 4.48. The standard InChI is InChI=1S/C15H23BN2O3/c1-14(2)15(3,4)21-16(20-14)11-9-18-13(17-5)8-12(11)19-10-6-7-10/h8-10H,6-7H2,1-5H3,(H,17,18). The van der Waals surface area contributed by atoms with Crippen LogP contribution in [0.15, 0.2) is 12.3 Å². The molecule has 0 amide bonds. The second-order valence-electron chi connectivity index (χ2n) is 6.76. The van der Waals surface area contributed by atoms with E-state index in [1.807, 2.05) is 40.8 Å². The Morgan fingerprint density at radius 2 is 1.86 bits per heavy atom. The van der Waals surface area contributed by atoms with Gasteiger partial charge in [0.25, 0.3) is 0 Å². The van der Waals surface area contributed by atoms with Crippen molar-refractivity contribution >= 4 is 18.4 Å². The van der Waals surface area contributed by atoms with Crippen LogP contribution >= 0.6 is 0 Å². The number of hydrogen-bond donors (Lipinski definition) is 1. The van der Waals surface area contributed by atoms with Gasteiger partial charge in [-0.2, -0.15) is 0 Å². The fourth-order valence-corrected chi connectivity index (χ4v) is 2.20. The summed E-state index contributed by atoms with van der Waals surface area (Å²) < 4.78 is 18.2. The van der Waals surface area contributed by atoms with E-state index in [0.29, 0.717) is 6.10 Å². The fraction of sp³-hybridized carbons (Fsp3) is 0.667. The SMILES string of the molecule is CNc1cc(OC2CC2)c(B2OC(C)(C)C(C)(C)O2)cn1. The zero-order chi connectivity index (χ0) is 15.3. The summed E-state index contributed by atoms with van der Waals surface area (Å²) in [6, 6.07) is 1.92. The summed E-state index contributed by atoms with van der Waals surface area (Å²) in [5, 5.41) is 3.04. The van der Waals surface area contributed by atoms with Crippen molar-refractivity contribution in [1.29, 1.82) is 0 Å². The maximum atomic E-state index is 6.10. The summed E-state index contributed by atoms with van der Waals surface area (Å²) in [4.78, 5) is 4.37. The zero-order valence-electron chi connectivity index (χ0n) is 13.4. The number of aromatic nitrogens is 1. The molecule has 2 fully saturated rings. The van der Waals surface area contributed by atoms with Crippen LogP contribution in [0.4, 0.5) is 5.82 Å². The van der Waals surface area contributed by atoms with Crippen LogP contribution in [0.3, 0.4) is 0 Å². The fourth-order valence-electron chi connectivity index (χ4n) is 2.20. The Labute approximate surface area is 126 Å². The Morgan fingerprint density at radius 1 is 1.24 bits per heavy atom. The first kappa shape index (κ1) is 14.7. The average molecular weight is 290 g/mol. The quantitative estimate of drug-likeness (QED) is 0.859. The first-order valence-corrected chi connectivity index (χ1v) is 7.52. The number of pyridine rings is 1.